The quantitative estimate of drug-likeness (QED) is 0.837. The maximum absolute atomic E-state index is 11.0. The van der Waals surface area contributed by atoms with Gasteiger partial charge in [0.2, 0.25) is 10.0 Å². The molecule has 0 radical (unpaired) electrons. The zero-order valence-corrected chi connectivity index (χ0v) is 9.62. The fraction of sp³-hybridized carbons (Fsp3) is 0. The average molecular weight is 256 g/mol. The normalized spacial score (nSPS) is 11.6. The Kier molecular flexibility index (Phi) is 2.95. The molecule has 0 aliphatic heterocycles. The van der Waals surface area contributed by atoms with Crippen LogP contribution in [-0.4, -0.2) is 23.8 Å². The van der Waals surface area contributed by atoms with Gasteiger partial charge in [0.05, 0.1) is 11.1 Å². The van der Waals surface area contributed by atoms with Crippen molar-refractivity contribution in [2.24, 2.45) is 5.14 Å². The molecule has 0 amide bonds. The highest BCUT2D eigenvalue weighted by Crippen LogP contribution is 2.25. The zero-order chi connectivity index (χ0) is 11.6. The predicted octanol–water partition coefficient (Wildman–Crippen LogP) is 0.603. The largest absolute Gasteiger partial charge is 0.238 e. The molecule has 16 heavy (non-hydrogen) atoms. The summed E-state index contributed by atoms with van der Waals surface area (Å²) >= 11 is 1.37. The van der Waals surface area contributed by atoms with E-state index in [0.29, 0.717) is 5.03 Å². The van der Waals surface area contributed by atoms with E-state index >= 15 is 0 Å². The molecule has 0 aliphatic rings. The Labute approximate surface area is 96.3 Å². The molecule has 8 heteroatoms. The first-order valence-corrected chi connectivity index (χ1v) is 6.58. The summed E-state index contributed by atoms with van der Waals surface area (Å²) in [6.07, 6.45) is 1.58. The lowest BCUT2D eigenvalue weighted by Gasteiger charge is -1.99. The van der Waals surface area contributed by atoms with Crippen LogP contribution in [0, 0.1) is 0 Å². The Morgan fingerprint density at radius 2 is 1.94 bits per heavy atom. The minimum Gasteiger partial charge on any atom is -0.225 e. The topological polar surface area (TPSA) is 102 Å². The van der Waals surface area contributed by atoms with Gasteiger partial charge in [0.1, 0.15) is 5.03 Å². The van der Waals surface area contributed by atoms with Gasteiger partial charge in [0, 0.05) is 4.90 Å². The lowest BCUT2D eigenvalue weighted by molar-refractivity contribution is 0.597. The number of H-pyrrole nitrogens is 1. The summed E-state index contributed by atoms with van der Waals surface area (Å²) in [6.45, 7) is 0. The third-order valence-electron chi connectivity index (χ3n) is 1.77. The van der Waals surface area contributed by atoms with Gasteiger partial charge >= 0.3 is 0 Å². The first-order chi connectivity index (χ1) is 7.55. The zero-order valence-electron chi connectivity index (χ0n) is 7.99. The van der Waals surface area contributed by atoms with Crippen molar-refractivity contribution in [3.05, 3.63) is 30.5 Å². The van der Waals surface area contributed by atoms with Crippen LogP contribution in [0.5, 0.6) is 0 Å². The minimum atomic E-state index is -3.63. The Morgan fingerprint density at radius 1 is 1.25 bits per heavy atom. The average Bonchev–Trinajstić information content (AvgIpc) is 2.70. The number of primary sulfonamides is 1. The first-order valence-electron chi connectivity index (χ1n) is 4.22. The smallest absolute Gasteiger partial charge is 0.225 e. The van der Waals surface area contributed by atoms with Crippen LogP contribution in [0.15, 0.2) is 45.3 Å². The molecule has 0 saturated carbocycles. The van der Waals surface area contributed by atoms with Crippen LogP contribution >= 0.6 is 11.8 Å². The second-order valence-corrected chi connectivity index (χ2v) is 5.58. The lowest BCUT2D eigenvalue weighted by atomic mass is 10.4. The summed E-state index contributed by atoms with van der Waals surface area (Å²) in [5.74, 6) is 0. The van der Waals surface area contributed by atoms with E-state index in [1.165, 1.54) is 23.9 Å². The number of nitrogens with one attached hydrogen (secondary N) is 1. The molecule has 0 aliphatic carbocycles. The highest BCUT2D eigenvalue weighted by Gasteiger charge is 2.07. The van der Waals surface area contributed by atoms with E-state index in [-0.39, 0.29) is 4.90 Å². The molecule has 3 N–H and O–H groups in total. The summed E-state index contributed by atoms with van der Waals surface area (Å²) in [7, 11) is -3.63. The molecule has 0 fully saturated rings. The van der Waals surface area contributed by atoms with E-state index in [1.807, 2.05) is 0 Å². The lowest BCUT2D eigenvalue weighted by Crippen LogP contribution is -2.11. The molecule has 84 valence electrons. The van der Waals surface area contributed by atoms with E-state index < -0.39 is 10.0 Å². The molecule has 1 aromatic heterocycles. The third kappa shape index (κ3) is 2.60. The Balaban J connectivity index is 2.20. The number of hydrogen-bond acceptors (Lipinski definition) is 5. The monoisotopic (exact) mass is 256 g/mol. The van der Waals surface area contributed by atoms with Crippen LogP contribution < -0.4 is 5.14 Å². The maximum Gasteiger partial charge on any atom is 0.238 e. The molecule has 1 aromatic carbocycles. The van der Waals surface area contributed by atoms with E-state index in [9.17, 15) is 8.42 Å². The molecule has 2 rings (SSSR count). The third-order valence-corrected chi connectivity index (χ3v) is 3.61. The van der Waals surface area contributed by atoms with Gasteiger partial charge in [0.25, 0.3) is 0 Å². The highest BCUT2D eigenvalue weighted by molar-refractivity contribution is 7.99. The van der Waals surface area contributed by atoms with E-state index in [2.05, 4.69) is 15.4 Å². The molecule has 0 spiro atoms. The van der Waals surface area contributed by atoms with Crippen LogP contribution in [-0.2, 0) is 10.0 Å². The Morgan fingerprint density at radius 3 is 2.44 bits per heavy atom. The van der Waals surface area contributed by atoms with Gasteiger partial charge < -0.3 is 0 Å². The van der Waals surface area contributed by atoms with Gasteiger partial charge in [-0.2, -0.15) is 10.3 Å². The fourth-order valence-electron chi connectivity index (χ4n) is 1.06. The summed E-state index contributed by atoms with van der Waals surface area (Å²) < 4.78 is 22.0. The van der Waals surface area contributed by atoms with Gasteiger partial charge in [0.15, 0.2) is 0 Å². The SMILES string of the molecule is NS(=O)(=O)c1ccc(Sc2cn[nH]n2)cc1. The molecular weight excluding hydrogens is 248 g/mol. The van der Waals surface area contributed by atoms with Crippen molar-refractivity contribution in [2.75, 3.05) is 0 Å². The van der Waals surface area contributed by atoms with Crippen LogP contribution in [0.3, 0.4) is 0 Å². The van der Waals surface area contributed by atoms with Gasteiger partial charge in [-0.25, -0.2) is 13.6 Å². The second kappa shape index (κ2) is 4.24. The summed E-state index contributed by atoms with van der Waals surface area (Å²) in [6, 6.07) is 6.24. The summed E-state index contributed by atoms with van der Waals surface area (Å²) in [4.78, 5) is 0.957. The van der Waals surface area contributed by atoms with Crippen LogP contribution in [0.2, 0.25) is 0 Å². The molecule has 0 atom stereocenters. The maximum atomic E-state index is 11.0. The number of aromatic amines is 1. The number of hydrogen-bond donors (Lipinski definition) is 2. The highest BCUT2D eigenvalue weighted by atomic mass is 32.2. The molecule has 0 bridgehead atoms. The number of rotatable bonds is 3. The fourth-order valence-corrected chi connectivity index (χ4v) is 2.28. The molecular formula is C8H8N4O2S2. The van der Waals surface area contributed by atoms with Crippen molar-refractivity contribution in [2.45, 2.75) is 14.8 Å². The Hall–Kier alpha value is -1.38. The number of nitrogens with two attached hydrogens (primary N) is 1. The molecule has 2 aromatic rings. The number of aromatic nitrogens is 3. The van der Waals surface area contributed by atoms with Gasteiger partial charge in [-0.1, -0.05) is 11.8 Å². The minimum absolute atomic E-state index is 0.0944. The summed E-state index contributed by atoms with van der Waals surface area (Å²) in [5, 5.41) is 15.7. The Bertz CT molecular complexity index is 563. The van der Waals surface area contributed by atoms with Crippen molar-refractivity contribution < 1.29 is 8.42 Å². The molecule has 0 unspecified atom stereocenters. The van der Waals surface area contributed by atoms with Gasteiger partial charge in [-0.05, 0) is 24.3 Å². The van der Waals surface area contributed by atoms with Gasteiger partial charge in [-0.15, -0.1) is 5.10 Å². The van der Waals surface area contributed by atoms with Crippen molar-refractivity contribution in [1.29, 1.82) is 0 Å². The van der Waals surface area contributed by atoms with E-state index in [4.69, 9.17) is 5.14 Å². The summed E-state index contributed by atoms with van der Waals surface area (Å²) in [5.41, 5.74) is 0. The number of nitrogens with zero attached hydrogens (tertiary/aromatic N) is 2. The molecule has 0 saturated heterocycles. The van der Waals surface area contributed by atoms with Crippen LogP contribution in [0.25, 0.3) is 0 Å². The predicted molar refractivity (Wildman–Crippen MR) is 58.3 cm³/mol. The van der Waals surface area contributed by atoms with E-state index in [1.54, 1.807) is 18.3 Å². The number of benzene rings is 1. The van der Waals surface area contributed by atoms with Crippen LogP contribution in [0.1, 0.15) is 0 Å². The second-order valence-electron chi connectivity index (χ2n) is 2.93. The van der Waals surface area contributed by atoms with Gasteiger partial charge in [-0.3, -0.25) is 0 Å². The standard InChI is InChI=1S/C8H8N4O2S2/c9-16(13,14)7-3-1-6(2-4-7)15-8-5-10-12-11-8/h1-5H,(H2,9,13,14)(H,10,11,12). The van der Waals surface area contributed by atoms with E-state index in [0.717, 1.165) is 4.90 Å². The first kappa shape index (κ1) is 11.1. The van der Waals surface area contributed by atoms with Crippen molar-refractivity contribution in [1.82, 2.24) is 15.4 Å². The van der Waals surface area contributed by atoms with Crippen molar-refractivity contribution >= 4 is 21.8 Å². The number of sulfonamides is 1. The van der Waals surface area contributed by atoms with Crippen molar-refractivity contribution in [3.63, 3.8) is 0 Å². The van der Waals surface area contributed by atoms with Crippen molar-refractivity contribution in [3.8, 4) is 0 Å². The molecule has 1 heterocycles. The molecule has 6 nitrogen and oxygen atoms in total. The van der Waals surface area contributed by atoms with Crippen LogP contribution in [0.4, 0.5) is 0 Å².